The number of para-hydroxylation sites is 1. The average Bonchev–Trinajstić information content (AvgIpc) is 3.23. The molecule has 0 fully saturated rings. The Bertz CT molecular complexity index is 934. The van der Waals surface area contributed by atoms with Gasteiger partial charge in [0.2, 0.25) is 0 Å². The number of benzene rings is 2. The van der Waals surface area contributed by atoms with Gasteiger partial charge in [-0.3, -0.25) is 9.59 Å². The van der Waals surface area contributed by atoms with Crippen LogP contribution in [0.2, 0.25) is 0 Å². The van der Waals surface area contributed by atoms with Gasteiger partial charge in [0.15, 0.2) is 12.3 Å². The molecule has 144 valence electrons. The molecule has 3 aromatic rings. The van der Waals surface area contributed by atoms with E-state index in [9.17, 15) is 9.59 Å². The van der Waals surface area contributed by atoms with Gasteiger partial charge >= 0.3 is 0 Å². The highest BCUT2D eigenvalue weighted by Gasteiger charge is 2.20. The van der Waals surface area contributed by atoms with Gasteiger partial charge in [0.25, 0.3) is 5.91 Å². The third-order valence-corrected chi connectivity index (χ3v) is 5.67. The summed E-state index contributed by atoms with van der Waals surface area (Å²) in [4.78, 5) is 25.5. The Labute approximate surface area is 169 Å². The summed E-state index contributed by atoms with van der Waals surface area (Å²) < 4.78 is 0. The van der Waals surface area contributed by atoms with Crippen LogP contribution < -0.4 is 10.6 Å². The zero-order chi connectivity index (χ0) is 19.9. The van der Waals surface area contributed by atoms with Crippen LogP contribution in [0.5, 0.6) is 0 Å². The Morgan fingerprint density at radius 1 is 1.04 bits per heavy atom. The molecule has 4 nitrogen and oxygen atoms in total. The number of thiophene rings is 1. The van der Waals surface area contributed by atoms with E-state index in [0.29, 0.717) is 11.3 Å². The number of hydrogen-bond acceptors (Lipinski definition) is 3. The molecule has 0 aliphatic carbocycles. The van der Waals surface area contributed by atoms with Crippen LogP contribution in [-0.4, -0.2) is 18.2 Å². The summed E-state index contributed by atoms with van der Waals surface area (Å²) in [6, 6.07) is 19.9. The second-order valence-electron chi connectivity index (χ2n) is 6.68. The van der Waals surface area contributed by atoms with Crippen molar-refractivity contribution >= 4 is 28.7 Å². The van der Waals surface area contributed by atoms with Crippen LogP contribution in [0.1, 0.15) is 46.3 Å². The number of anilines is 1. The molecule has 5 heteroatoms. The Balaban J connectivity index is 1.72. The molecule has 2 aromatic carbocycles. The van der Waals surface area contributed by atoms with Crippen molar-refractivity contribution < 1.29 is 14.9 Å². The third kappa shape index (κ3) is 4.94. The number of carbonyl (C=O) groups excluding carboxylic acids is 2. The van der Waals surface area contributed by atoms with Crippen molar-refractivity contribution in [2.24, 2.45) is 0 Å². The average molecular weight is 394 g/mol. The highest BCUT2D eigenvalue weighted by molar-refractivity contribution is 7.10. The predicted octanol–water partition coefficient (Wildman–Crippen LogP) is 3.80. The predicted molar refractivity (Wildman–Crippen MR) is 114 cm³/mol. The van der Waals surface area contributed by atoms with Gasteiger partial charge in [-0.2, -0.15) is 0 Å². The van der Waals surface area contributed by atoms with Gasteiger partial charge in [-0.05, 0) is 42.5 Å². The van der Waals surface area contributed by atoms with E-state index in [4.69, 9.17) is 0 Å². The van der Waals surface area contributed by atoms with Crippen LogP contribution in [0.25, 0.3) is 0 Å². The van der Waals surface area contributed by atoms with Crippen molar-refractivity contribution in [2.75, 3.05) is 11.9 Å². The topological polar surface area (TPSA) is 62.8 Å². The first-order chi connectivity index (χ1) is 13.6. The zero-order valence-corrected chi connectivity index (χ0v) is 17.0. The number of nitrogens with two attached hydrogens (primary N) is 1. The third-order valence-electron chi connectivity index (χ3n) is 4.72. The van der Waals surface area contributed by atoms with E-state index in [0.717, 1.165) is 6.42 Å². The molecule has 0 spiro atoms. The summed E-state index contributed by atoms with van der Waals surface area (Å²) in [7, 11) is 0. The molecule has 0 radical (unpaired) electrons. The lowest BCUT2D eigenvalue weighted by Gasteiger charge is -2.15. The van der Waals surface area contributed by atoms with Crippen molar-refractivity contribution in [3.05, 3.63) is 87.6 Å². The van der Waals surface area contributed by atoms with Crippen molar-refractivity contribution in [1.82, 2.24) is 0 Å². The summed E-state index contributed by atoms with van der Waals surface area (Å²) in [5.41, 5.74) is 3.57. The Morgan fingerprint density at radius 3 is 2.43 bits per heavy atom. The number of aryl methyl sites for hydroxylation is 1. The number of Topliss-reactive ketones (excluding diaryl/α,β-unsaturated/α-hetero) is 1. The first-order valence-electron chi connectivity index (χ1n) is 9.44. The van der Waals surface area contributed by atoms with E-state index in [2.05, 4.69) is 48.0 Å². The lowest BCUT2D eigenvalue weighted by Crippen LogP contribution is -2.87. The summed E-state index contributed by atoms with van der Waals surface area (Å²) in [6.07, 6.45) is 1.01. The fourth-order valence-electron chi connectivity index (χ4n) is 3.17. The molecule has 1 atom stereocenters. The molecule has 28 heavy (non-hydrogen) atoms. The summed E-state index contributed by atoms with van der Waals surface area (Å²) in [5, 5.41) is 6.97. The van der Waals surface area contributed by atoms with Crippen molar-refractivity contribution in [3.8, 4) is 0 Å². The molecule has 1 heterocycles. The van der Waals surface area contributed by atoms with Crippen LogP contribution in [0.4, 0.5) is 5.69 Å². The second kappa shape index (κ2) is 9.44. The van der Waals surface area contributed by atoms with Crippen molar-refractivity contribution in [2.45, 2.75) is 26.3 Å². The number of rotatable bonds is 8. The number of nitrogens with one attached hydrogen (secondary N) is 1. The van der Waals surface area contributed by atoms with E-state index < -0.39 is 0 Å². The van der Waals surface area contributed by atoms with Crippen LogP contribution in [0.15, 0.2) is 66.0 Å². The van der Waals surface area contributed by atoms with E-state index >= 15 is 0 Å². The van der Waals surface area contributed by atoms with Crippen LogP contribution in [0, 0.1) is 0 Å². The number of carbonyl (C=O) groups is 2. The van der Waals surface area contributed by atoms with E-state index in [-0.39, 0.29) is 24.3 Å². The quantitative estimate of drug-likeness (QED) is 0.572. The molecule has 1 amide bonds. The molecular formula is C23H25N2O2S+. The van der Waals surface area contributed by atoms with Gasteiger partial charge in [-0.1, -0.05) is 49.4 Å². The minimum absolute atomic E-state index is 0.0626. The summed E-state index contributed by atoms with van der Waals surface area (Å²) in [6.45, 7) is 3.91. The maximum Gasteiger partial charge on any atom is 0.279 e. The van der Waals surface area contributed by atoms with Crippen LogP contribution in [0.3, 0.4) is 0 Å². The standard InChI is InChI=1S/C23H24N2O2S/c1-3-17-10-12-18(13-11-17)23(21-9-6-14-28-21)24-15-22(27)25-20-8-5-4-7-19(20)16(2)26/h4-14,23-24H,3,15H2,1-2H3,(H,25,27)/p+1/t23-/m0/s1. The minimum Gasteiger partial charge on any atom is -0.328 e. The highest BCUT2D eigenvalue weighted by Crippen LogP contribution is 2.23. The summed E-state index contributed by atoms with van der Waals surface area (Å²) >= 11 is 1.69. The zero-order valence-electron chi connectivity index (χ0n) is 16.1. The second-order valence-corrected chi connectivity index (χ2v) is 7.66. The van der Waals surface area contributed by atoms with Gasteiger partial charge in [-0.15, -0.1) is 11.3 Å². The Hall–Kier alpha value is -2.76. The molecule has 0 aliphatic rings. The molecule has 0 aliphatic heterocycles. The van der Waals surface area contributed by atoms with E-state index in [1.165, 1.54) is 22.9 Å². The maximum atomic E-state index is 12.5. The van der Waals surface area contributed by atoms with Gasteiger partial charge < -0.3 is 10.6 Å². The molecule has 0 saturated heterocycles. The van der Waals surface area contributed by atoms with Gasteiger partial charge in [0.1, 0.15) is 6.04 Å². The molecule has 1 aromatic heterocycles. The Kier molecular flexibility index (Phi) is 6.74. The van der Waals surface area contributed by atoms with Crippen LogP contribution in [-0.2, 0) is 11.2 Å². The van der Waals surface area contributed by atoms with Gasteiger partial charge in [-0.25, -0.2) is 0 Å². The van der Waals surface area contributed by atoms with Gasteiger partial charge in [0, 0.05) is 11.1 Å². The lowest BCUT2D eigenvalue weighted by atomic mass is 10.0. The lowest BCUT2D eigenvalue weighted by molar-refractivity contribution is -0.675. The van der Waals surface area contributed by atoms with Crippen LogP contribution >= 0.6 is 11.3 Å². The number of quaternary nitrogens is 1. The first-order valence-corrected chi connectivity index (χ1v) is 10.3. The monoisotopic (exact) mass is 393 g/mol. The smallest absolute Gasteiger partial charge is 0.279 e. The Morgan fingerprint density at radius 2 is 1.79 bits per heavy atom. The molecule has 0 unspecified atom stereocenters. The number of amides is 1. The largest absolute Gasteiger partial charge is 0.328 e. The maximum absolute atomic E-state index is 12.5. The summed E-state index contributed by atoms with van der Waals surface area (Å²) in [5.74, 6) is -0.187. The fraction of sp³-hybridized carbons (Fsp3) is 0.217. The highest BCUT2D eigenvalue weighted by atomic mass is 32.1. The first kappa shape index (κ1) is 20.0. The molecular weight excluding hydrogens is 368 g/mol. The molecule has 3 N–H and O–H groups in total. The minimum atomic E-state index is -0.125. The number of ketones is 1. The molecule has 0 saturated carbocycles. The fourth-order valence-corrected chi connectivity index (χ4v) is 4.02. The van der Waals surface area contributed by atoms with Crippen molar-refractivity contribution in [3.63, 3.8) is 0 Å². The van der Waals surface area contributed by atoms with E-state index in [1.807, 2.05) is 17.4 Å². The number of hydrogen-bond donors (Lipinski definition) is 2. The molecule has 0 bridgehead atoms. The normalized spacial score (nSPS) is 11.8. The van der Waals surface area contributed by atoms with Gasteiger partial charge in [0.05, 0.1) is 10.6 Å². The molecule has 3 rings (SSSR count). The van der Waals surface area contributed by atoms with E-state index in [1.54, 1.807) is 29.5 Å². The van der Waals surface area contributed by atoms with Crippen molar-refractivity contribution in [1.29, 1.82) is 0 Å². The SMILES string of the molecule is CCc1ccc([C@H]([NH2+]CC(=O)Nc2ccccc2C(C)=O)c2cccs2)cc1.